The topological polar surface area (TPSA) is 131 Å². The number of carbonyl (C=O) groups excluding carboxylic acids is 1. The van der Waals surface area contributed by atoms with E-state index in [-0.39, 0.29) is 5.76 Å². The van der Waals surface area contributed by atoms with Gasteiger partial charge in [-0.2, -0.15) is 0 Å². The number of primary sulfonamides is 1. The number of hydrogen-bond donors (Lipinski definition) is 3. The van der Waals surface area contributed by atoms with E-state index in [0.29, 0.717) is 11.2 Å². The normalized spacial score (nSPS) is 11.7. The SMILES string of the molecule is NS(=O)(=O)c1ccc(C(=O)Nc2cccc3[nH]cnc23)o1. The number of benzene rings is 1. The second-order valence-electron chi connectivity index (χ2n) is 4.22. The van der Waals surface area contributed by atoms with Crippen LogP contribution in [0, 0.1) is 0 Å². The third-order valence-corrected chi connectivity index (χ3v) is 3.56. The van der Waals surface area contributed by atoms with Crippen molar-refractivity contribution in [2.24, 2.45) is 5.14 Å². The Labute approximate surface area is 119 Å². The van der Waals surface area contributed by atoms with E-state index in [1.807, 2.05) is 6.07 Å². The van der Waals surface area contributed by atoms with Crippen LogP contribution >= 0.6 is 0 Å². The van der Waals surface area contributed by atoms with Crippen LogP contribution < -0.4 is 10.5 Å². The molecule has 108 valence electrons. The molecule has 0 atom stereocenters. The first-order valence-corrected chi connectivity index (χ1v) is 7.36. The van der Waals surface area contributed by atoms with Gasteiger partial charge in [0.2, 0.25) is 5.09 Å². The monoisotopic (exact) mass is 306 g/mol. The molecule has 0 spiro atoms. The van der Waals surface area contributed by atoms with E-state index in [9.17, 15) is 13.2 Å². The summed E-state index contributed by atoms with van der Waals surface area (Å²) in [6.45, 7) is 0. The van der Waals surface area contributed by atoms with E-state index < -0.39 is 21.0 Å². The fraction of sp³-hybridized carbons (Fsp3) is 0. The Morgan fingerprint density at radius 3 is 2.81 bits per heavy atom. The van der Waals surface area contributed by atoms with Gasteiger partial charge in [-0.3, -0.25) is 4.79 Å². The summed E-state index contributed by atoms with van der Waals surface area (Å²) in [5, 5.41) is 7.05. The van der Waals surface area contributed by atoms with Crippen LogP contribution in [-0.4, -0.2) is 24.3 Å². The van der Waals surface area contributed by atoms with Gasteiger partial charge in [0.1, 0.15) is 5.52 Å². The standard InChI is InChI=1S/C12H10N4O4S/c13-21(18,19)10-5-4-9(20-10)12(17)16-8-3-1-2-7-11(8)15-6-14-7/h1-6H,(H,14,15)(H,16,17)(H2,13,18,19). The second-order valence-corrected chi connectivity index (χ2v) is 5.71. The van der Waals surface area contributed by atoms with Gasteiger partial charge in [-0.05, 0) is 24.3 Å². The minimum atomic E-state index is -3.98. The van der Waals surface area contributed by atoms with Gasteiger partial charge < -0.3 is 14.7 Å². The molecule has 1 aromatic carbocycles. The van der Waals surface area contributed by atoms with Crippen LogP contribution in [0.15, 0.2) is 46.2 Å². The number of H-pyrrole nitrogens is 1. The number of anilines is 1. The summed E-state index contributed by atoms with van der Waals surface area (Å²) in [7, 11) is -3.98. The number of carbonyl (C=O) groups is 1. The Bertz CT molecular complexity index is 926. The van der Waals surface area contributed by atoms with Gasteiger partial charge in [0, 0.05) is 0 Å². The lowest BCUT2D eigenvalue weighted by molar-refractivity contribution is 0.0992. The average molecular weight is 306 g/mol. The number of nitrogens with two attached hydrogens (primary N) is 1. The second kappa shape index (κ2) is 4.72. The van der Waals surface area contributed by atoms with Crippen molar-refractivity contribution in [3.63, 3.8) is 0 Å². The number of furan rings is 1. The van der Waals surface area contributed by atoms with Gasteiger partial charge >= 0.3 is 0 Å². The molecule has 2 aromatic heterocycles. The van der Waals surface area contributed by atoms with Gasteiger partial charge in [0.25, 0.3) is 15.9 Å². The molecule has 0 saturated heterocycles. The zero-order valence-electron chi connectivity index (χ0n) is 10.5. The van der Waals surface area contributed by atoms with Crippen molar-refractivity contribution in [2.45, 2.75) is 5.09 Å². The van der Waals surface area contributed by atoms with Crippen LogP contribution in [0.4, 0.5) is 5.69 Å². The highest BCUT2D eigenvalue weighted by Crippen LogP contribution is 2.21. The number of aromatic nitrogens is 2. The summed E-state index contributed by atoms with van der Waals surface area (Å²) in [6, 6.07) is 7.59. The highest BCUT2D eigenvalue weighted by molar-refractivity contribution is 7.89. The number of fused-ring (bicyclic) bond motifs is 1. The molecule has 0 saturated carbocycles. The Kier molecular flexibility index (Phi) is 3.00. The lowest BCUT2D eigenvalue weighted by Crippen LogP contribution is -2.13. The average Bonchev–Trinajstić information content (AvgIpc) is 3.07. The molecule has 0 bridgehead atoms. The van der Waals surface area contributed by atoms with Crippen LogP contribution in [0.25, 0.3) is 11.0 Å². The number of hydrogen-bond acceptors (Lipinski definition) is 5. The van der Waals surface area contributed by atoms with Gasteiger partial charge in [0.05, 0.1) is 17.5 Å². The van der Waals surface area contributed by atoms with Crippen LogP contribution in [0.1, 0.15) is 10.6 Å². The first-order chi connectivity index (χ1) is 9.95. The van der Waals surface area contributed by atoms with E-state index in [1.54, 1.807) is 12.1 Å². The van der Waals surface area contributed by atoms with E-state index >= 15 is 0 Å². The number of imidazole rings is 1. The number of sulfonamides is 1. The summed E-state index contributed by atoms with van der Waals surface area (Å²) in [5.74, 6) is -0.757. The van der Waals surface area contributed by atoms with Crippen molar-refractivity contribution in [1.29, 1.82) is 0 Å². The molecular formula is C12H10N4O4S. The Balaban J connectivity index is 1.90. The maximum absolute atomic E-state index is 12.0. The third-order valence-electron chi connectivity index (χ3n) is 2.78. The van der Waals surface area contributed by atoms with Crippen molar-refractivity contribution < 1.29 is 17.6 Å². The summed E-state index contributed by atoms with van der Waals surface area (Å²) >= 11 is 0. The van der Waals surface area contributed by atoms with Crippen LogP contribution in [-0.2, 0) is 10.0 Å². The van der Waals surface area contributed by atoms with Crippen LogP contribution in [0.2, 0.25) is 0 Å². The van der Waals surface area contributed by atoms with E-state index in [1.165, 1.54) is 12.4 Å². The molecule has 21 heavy (non-hydrogen) atoms. The number of nitrogens with one attached hydrogen (secondary N) is 2. The van der Waals surface area contributed by atoms with E-state index in [2.05, 4.69) is 15.3 Å². The highest BCUT2D eigenvalue weighted by Gasteiger charge is 2.18. The smallest absolute Gasteiger partial charge is 0.291 e. The molecule has 0 radical (unpaired) electrons. The van der Waals surface area contributed by atoms with Gasteiger partial charge in [-0.1, -0.05) is 6.07 Å². The molecule has 0 unspecified atom stereocenters. The molecular weight excluding hydrogens is 296 g/mol. The van der Waals surface area contributed by atoms with E-state index in [4.69, 9.17) is 9.56 Å². The molecule has 0 aliphatic heterocycles. The molecule has 8 nitrogen and oxygen atoms in total. The Morgan fingerprint density at radius 2 is 2.10 bits per heavy atom. The van der Waals surface area contributed by atoms with Crippen LogP contribution in [0.5, 0.6) is 0 Å². The van der Waals surface area contributed by atoms with Crippen molar-refractivity contribution in [3.05, 3.63) is 42.4 Å². The maximum Gasteiger partial charge on any atom is 0.291 e. The number of amides is 1. The Morgan fingerprint density at radius 1 is 1.29 bits per heavy atom. The fourth-order valence-corrected chi connectivity index (χ4v) is 2.31. The summed E-state index contributed by atoms with van der Waals surface area (Å²) in [4.78, 5) is 19.0. The van der Waals surface area contributed by atoms with Crippen LogP contribution in [0.3, 0.4) is 0 Å². The summed E-state index contributed by atoms with van der Waals surface area (Å²) < 4.78 is 27.1. The molecule has 0 fully saturated rings. The summed E-state index contributed by atoms with van der Waals surface area (Å²) in [5.41, 5.74) is 1.83. The van der Waals surface area contributed by atoms with E-state index in [0.717, 1.165) is 11.6 Å². The first kappa shape index (κ1) is 13.3. The predicted molar refractivity (Wildman–Crippen MR) is 74.1 cm³/mol. The Hall–Kier alpha value is -2.65. The molecule has 0 aliphatic carbocycles. The number of rotatable bonds is 3. The lowest BCUT2D eigenvalue weighted by Gasteiger charge is -2.03. The van der Waals surface area contributed by atoms with Crippen molar-refractivity contribution >= 4 is 32.7 Å². The van der Waals surface area contributed by atoms with Gasteiger partial charge in [-0.15, -0.1) is 0 Å². The number of nitrogens with zero attached hydrogens (tertiary/aromatic N) is 1. The lowest BCUT2D eigenvalue weighted by atomic mass is 10.2. The highest BCUT2D eigenvalue weighted by atomic mass is 32.2. The molecule has 3 aromatic rings. The summed E-state index contributed by atoms with van der Waals surface area (Å²) in [6.07, 6.45) is 1.51. The fourth-order valence-electron chi connectivity index (χ4n) is 1.85. The minimum Gasteiger partial charge on any atom is -0.438 e. The molecule has 2 heterocycles. The zero-order valence-corrected chi connectivity index (χ0v) is 11.3. The minimum absolute atomic E-state index is 0.161. The zero-order chi connectivity index (χ0) is 15.0. The predicted octanol–water partition coefficient (Wildman–Crippen LogP) is 1.06. The number of aromatic amines is 1. The molecule has 3 rings (SSSR count). The van der Waals surface area contributed by atoms with Crippen molar-refractivity contribution in [2.75, 3.05) is 5.32 Å². The third kappa shape index (κ3) is 2.51. The van der Waals surface area contributed by atoms with Crippen molar-refractivity contribution in [1.82, 2.24) is 9.97 Å². The molecule has 1 amide bonds. The first-order valence-electron chi connectivity index (χ1n) is 5.81. The molecule has 0 aliphatic rings. The van der Waals surface area contributed by atoms with Gasteiger partial charge in [0.15, 0.2) is 5.76 Å². The quantitative estimate of drug-likeness (QED) is 0.665. The largest absolute Gasteiger partial charge is 0.438 e. The molecule has 4 N–H and O–H groups in total. The molecule has 9 heteroatoms. The number of para-hydroxylation sites is 1. The van der Waals surface area contributed by atoms with Gasteiger partial charge in [-0.25, -0.2) is 18.5 Å². The van der Waals surface area contributed by atoms with Crippen molar-refractivity contribution in [3.8, 4) is 0 Å². The maximum atomic E-state index is 12.0.